The molecule has 3 aromatic rings. The van der Waals surface area contributed by atoms with Crippen LogP contribution in [0.3, 0.4) is 0 Å². The lowest BCUT2D eigenvalue weighted by atomic mass is 9.79. The molecule has 5 rings (SSSR count). The number of aliphatic carboxylic acids is 1. The summed E-state index contributed by atoms with van der Waals surface area (Å²) in [5.41, 5.74) is -4.23. The second-order valence-corrected chi connectivity index (χ2v) is 11.0. The number of rotatable bonds is 9. The second kappa shape index (κ2) is 10.7. The minimum atomic E-state index is -6.09. The zero-order valence-corrected chi connectivity index (χ0v) is 22.6. The number of hydrogen-bond donors (Lipinski definition) is 1. The van der Waals surface area contributed by atoms with Gasteiger partial charge in [-0.05, 0) is 53.4 Å². The highest BCUT2D eigenvalue weighted by atomic mass is 32.2. The van der Waals surface area contributed by atoms with Crippen LogP contribution < -0.4 is 23.1 Å². The molecule has 41 heavy (non-hydrogen) atoms. The van der Waals surface area contributed by atoms with E-state index in [0.29, 0.717) is 47.0 Å². The van der Waals surface area contributed by atoms with Gasteiger partial charge in [0.05, 0.1) is 19.6 Å². The fraction of sp³-hybridized carbons (Fsp3) is 0.321. The molecule has 1 aliphatic carbocycles. The molecule has 0 saturated heterocycles. The number of carbonyl (C=O) groups is 1. The number of methoxy groups -OCH3 is 1. The van der Waals surface area contributed by atoms with E-state index in [4.69, 9.17) is 18.9 Å². The second-order valence-electron chi connectivity index (χ2n) is 9.46. The number of fused-ring (bicyclic) bond motifs is 2. The Labute approximate surface area is 233 Å². The Morgan fingerprint density at radius 2 is 1.66 bits per heavy atom. The van der Waals surface area contributed by atoms with Crippen molar-refractivity contribution in [3.63, 3.8) is 0 Å². The van der Waals surface area contributed by atoms with Gasteiger partial charge in [-0.25, -0.2) is 0 Å². The summed E-state index contributed by atoms with van der Waals surface area (Å²) in [6, 6.07) is 13.7. The highest BCUT2D eigenvalue weighted by Crippen LogP contribution is 2.56. The van der Waals surface area contributed by atoms with Crippen molar-refractivity contribution in [2.24, 2.45) is 5.92 Å². The number of alkyl halides is 3. The average Bonchev–Trinajstić information content (AvgIpc) is 3.53. The Morgan fingerprint density at radius 1 is 0.951 bits per heavy atom. The summed E-state index contributed by atoms with van der Waals surface area (Å²) in [5.74, 6) is -3.82. The van der Waals surface area contributed by atoms with E-state index in [9.17, 15) is 31.5 Å². The topological polar surface area (TPSA) is 118 Å². The van der Waals surface area contributed by atoms with Crippen molar-refractivity contribution in [1.82, 2.24) is 0 Å². The minimum Gasteiger partial charge on any atom is -0.497 e. The molecule has 0 spiro atoms. The third kappa shape index (κ3) is 5.21. The third-order valence-electron chi connectivity index (χ3n) is 7.00. The van der Waals surface area contributed by atoms with Gasteiger partial charge in [-0.15, -0.1) is 0 Å². The van der Waals surface area contributed by atoms with Crippen LogP contribution in [0.15, 0.2) is 54.6 Å². The van der Waals surface area contributed by atoms with Crippen LogP contribution in [-0.2, 0) is 14.9 Å². The lowest BCUT2D eigenvalue weighted by Gasteiger charge is -2.24. The molecule has 0 saturated carbocycles. The molecule has 13 heteroatoms. The first-order valence-corrected chi connectivity index (χ1v) is 13.9. The minimum absolute atomic E-state index is 0.00335. The van der Waals surface area contributed by atoms with E-state index in [1.165, 1.54) is 19.2 Å². The molecule has 1 N–H and O–H groups in total. The number of benzene rings is 3. The first kappa shape index (κ1) is 28.4. The Hall–Kier alpha value is -4.13. The quantitative estimate of drug-likeness (QED) is 0.256. The number of halogens is 3. The van der Waals surface area contributed by atoms with Crippen molar-refractivity contribution in [2.75, 3.05) is 20.5 Å². The maximum absolute atomic E-state index is 13.3. The predicted octanol–water partition coefficient (Wildman–Crippen LogP) is 5.42. The molecule has 3 atom stereocenters. The average molecular weight is 595 g/mol. The summed E-state index contributed by atoms with van der Waals surface area (Å²) in [4.78, 5) is 13.0. The maximum atomic E-state index is 13.3. The molecule has 3 unspecified atom stereocenters. The van der Waals surface area contributed by atoms with Gasteiger partial charge in [-0.3, -0.25) is 4.79 Å². The van der Waals surface area contributed by atoms with Crippen LogP contribution in [0.1, 0.15) is 47.4 Å². The van der Waals surface area contributed by atoms with Crippen LogP contribution in [0.25, 0.3) is 0 Å². The van der Waals surface area contributed by atoms with Crippen LogP contribution in [0, 0.1) is 5.92 Å². The maximum Gasteiger partial charge on any atom is 0.534 e. The van der Waals surface area contributed by atoms with E-state index in [1.807, 2.05) is 6.92 Å². The van der Waals surface area contributed by atoms with Gasteiger partial charge in [0, 0.05) is 23.5 Å². The molecule has 2 aliphatic rings. The number of carboxylic acid groups (broad SMARTS) is 1. The molecule has 1 aliphatic heterocycles. The third-order valence-corrected chi connectivity index (χ3v) is 7.97. The van der Waals surface area contributed by atoms with Gasteiger partial charge in [-0.1, -0.05) is 25.1 Å². The molecular formula is C28H25F3O9S. The van der Waals surface area contributed by atoms with Crippen molar-refractivity contribution < 1.29 is 54.6 Å². The van der Waals surface area contributed by atoms with Gasteiger partial charge < -0.3 is 28.2 Å². The molecule has 0 bridgehead atoms. The number of hydrogen-bond acceptors (Lipinski definition) is 8. The van der Waals surface area contributed by atoms with Crippen molar-refractivity contribution in [3.8, 4) is 28.7 Å². The normalized spacial score (nSPS) is 19.5. The summed E-state index contributed by atoms with van der Waals surface area (Å²) in [6.45, 7) is 2.29. The van der Waals surface area contributed by atoms with E-state index in [2.05, 4.69) is 4.18 Å². The highest BCUT2D eigenvalue weighted by Gasteiger charge is 2.51. The monoisotopic (exact) mass is 594 g/mol. The first-order valence-electron chi connectivity index (χ1n) is 12.5. The van der Waals surface area contributed by atoms with Gasteiger partial charge >= 0.3 is 21.6 Å². The molecule has 0 radical (unpaired) electrons. The summed E-state index contributed by atoms with van der Waals surface area (Å²) < 4.78 is 90.5. The molecule has 1 heterocycles. The van der Waals surface area contributed by atoms with Crippen LogP contribution in [0.4, 0.5) is 13.2 Å². The molecule has 9 nitrogen and oxygen atoms in total. The van der Waals surface area contributed by atoms with Crippen LogP contribution >= 0.6 is 0 Å². The van der Waals surface area contributed by atoms with Crippen molar-refractivity contribution in [2.45, 2.75) is 30.7 Å². The van der Waals surface area contributed by atoms with E-state index < -0.39 is 45.1 Å². The highest BCUT2D eigenvalue weighted by molar-refractivity contribution is 7.88. The first-order chi connectivity index (χ1) is 19.4. The summed E-state index contributed by atoms with van der Waals surface area (Å²) >= 11 is 0. The summed E-state index contributed by atoms with van der Waals surface area (Å²) in [6.07, 6.45) is 0.698. The lowest BCUT2D eigenvalue weighted by Crippen LogP contribution is -2.29. The predicted molar refractivity (Wildman–Crippen MR) is 138 cm³/mol. The summed E-state index contributed by atoms with van der Waals surface area (Å²) in [7, 11) is -4.85. The largest absolute Gasteiger partial charge is 0.534 e. The molecule has 0 amide bonds. The fourth-order valence-corrected chi connectivity index (χ4v) is 5.75. The zero-order valence-electron chi connectivity index (χ0n) is 21.8. The summed E-state index contributed by atoms with van der Waals surface area (Å²) in [5, 5.41) is 10.6. The molecular weight excluding hydrogens is 569 g/mol. The van der Waals surface area contributed by atoms with E-state index in [-0.39, 0.29) is 18.1 Å². The lowest BCUT2D eigenvalue weighted by molar-refractivity contribution is -0.142. The smallest absolute Gasteiger partial charge is 0.497 e. The fourth-order valence-electron chi connectivity index (χ4n) is 5.27. The van der Waals surface area contributed by atoms with Crippen molar-refractivity contribution >= 4 is 16.1 Å². The van der Waals surface area contributed by atoms with E-state index in [1.54, 1.807) is 36.4 Å². The van der Waals surface area contributed by atoms with Crippen LogP contribution in [0.5, 0.6) is 28.7 Å². The SMILES string of the molecule is CCCOc1ccc2c(c1)C(c1ccc(OC)cc1OS(=O)(=O)C(F)(F)F)C(C(=O)O)C2c1ccc2c(c1)OCO2. The van der Waals surface area contributed by atoms with Crippen LogP contribution in [-0.4, -0.2) is 45.5 Å². The molecule has 3 aromatic carbocycles. The van der Waals surface area contributed by atoms with Gasteiger partial charge in [0.2, 0.25) is 6.79 Å². The number of ether oxygens (including phenoxy) is 4. The number of carboxylic acids is 1. The Bertz CT molecular complexity index is 1590. The Balaban J connectivity index is 1.72. The molecule has 0 fully saturated rings. The van der Waals surface area contributed by atoms with Gasteiger partial charge in [0.25, 0.3) is 0 Å². The Morgan fingerprint density at radius 3 is 2.34 bits per heavy atom. The standard InChI is InChI=1S/C28H25F3O9S/c1-3-10-37-17-6-7-18-20(12-17)25(19-8-5-16(36-2)13-22(19)40-41(34,35)28(29,30)31)26(27(32)33)24(18)15-4-9-21-23(11-15)39-14-38-21/h4-9,11-13,24-26H,3,10,14H2,1-2H3,(H,32,33). The molecule has 218 valence electrons. The molecule has 0 aromatic heterocycles. The van der Waals surface area contributed by atoms with Gasteiger partial charge in [-0.2, -0.15) is 21.6 Å². The van der Waals surface area contributed by atoms with Crippen molar-refractivity contribution in [3.05, 3.63) is 76.9 Å². The zero-order chi connectivity index (χ0) is 29.5. The van der Waals surface area contributed by atoms with Crippen LogP contribution in [0.2, 0.25) is 0 Å². The van der Waals surface area contributed by atoms with Gasteiger partial charge in [0.1, 0.15) is 17.2 Å². The van der Waals surface area contributed by atoms with E-state index in [0.717, 1.165) is 6.07 Å². The van der Waals surface area contributed by atoms with Gasteiger partial charge in [0.15, 0.2) is 11.5 Å². The van der Waals surface area contributed by atoms with Crippen molar-refractivity contribution in [1.29, 1.82) is 0 Å². The van der Waals surface area contributed by atoms with E-state index >= 15 is 0 Å². The Kier molecular flexibility index (Phi) is 7.41.